The SMILES string of the molecule is CC(O)C#CC(=CC(C)C)C(C)C. The first kappa shape index (κ1) is 12.3. The summed E-state index contributed by atoms with van der Waals surface area (Å²) in [4.78, 5) is 0. The monoisotopic (exact) mass is 180 g/mol. The predicted molar refractivity (Wildman–Crippen MR) is 57.2 cm³/mol. The fourth-order valence-corrected chi connectivity index (χ4v) is 0.925. The molecule has 1 nitrogen and oxygen atoms in total. The zero-order chi connectivity index (χ0) is 10.4. The minimum atomic E-state index is -0.533. The smallest absolute Gasteiger partial charge is 0.112 e. The maximum atomic E-state index is 9.02. The Morgan fingerprint density at radius 1 is 1.15 bits per heavy atom. The van der Waals surface area contributed by atoms with E-state index in [1.807, 2.05) is 0 Å². The molecule has 0 saturated carbocycles. The van der Waals surface area contributed by atoms with Crippen molar-refractivity contribution in [2.45, 2.75) is 40.7 Å². The molecule has 0 aliphatic carbocycles. The van der Waals surface area contributed by atoms with Gasteiger partial charge in [0.2, 0.25) is 0 Å². The zero-order valence-corrected chi connectivity index (χ0v) is 9.26. The third kappa shape index (κ3) is 6.42. The second kappa shape index (κ2) is 5.83. The van der Waals surface area contributed by atoms with Crippen LogP contribution in [-0.2, 0) is 0 Å². The second-order valence-electron chi connectivity index (χ2n) is 3.97. The van der Waals surface area contributed by atoms with Crippen LogP contribution in [-0.4, -0.2) is 11.2 Å². The van der Waals surface area contributed by atoms with Gasteiger partial charge in [-0.15, -0.1) is 0 Å². The molecule has 0 aromatic heterocycles. The number of aliphatic hydroxyl groups excluding tert-OH is 1. The van der Waals surface area contributed by atoms with Crippen molar-refractivity contribution in [2.75, 3.05) is 0 Å². The largest absolute Gasteiger partial charge is 0.381 e. The maximum absolute atomic E-state index is 9.02. The van der Waals surface area contributed by atoms with Gasteiger partial charge in [0.1, 0.15) is 6.10 Å². The molecular formula is C12H20O. The summed E-state index contributed by atoms with van der Waals surface area (Å²) in [6, 6.07) is 0. The zero-order valence-electron chi connectivity index (χ0n) is 9.26. The number of aliphatic hydroxyl groups is 1. The Bertz CT molecular complexity index is 223. The lowest BCUT2D eigenvalue weighted by Crippen LogP contribution is -1.97. The van der Waals surface area contributed by atoms with E-state index in [1.165, 1.54) is 0 Å². The van der Waals surface area contributed by atoms with E-state index in [0.29, 0.717) is 11.8 Å². The van der Waals surface area contributed by atoms with E-state index >= 15 is 0 Å². The van der Waals surface area contributed by atoms with Gasteiger partial charge in [0.05, 0.1) is 0 Å². The lowest BCUT2D eigenvalue weighted by atomic mass is 9.99. The first-order valence-corrected chi connectivity index (χ1v) is 4.84. The van der Waals surface area contributed by atoms with Crippen LogP contribution in [0.3, 0.4) is 0 Å². The molecule has 0 aliphatic heterocycles. The molecule has 0 aliphatic rings. The molecule has 0 amide bonds. The Hall–Kier alpha value is -0.740. The molecule has 74 valence electrons. The fraction of sp³-hybridized carbons (Fsp3) is 0.667. The van der Waals surface area contributed by atoms with Gasteiger partial charge in [0.25, 0.3) is 0 Å². The van der Waals surface area contributed by atoms with Gasteiger partial charge in [-0.2, -0.15) is 0 Å². The first-order chi connectivity index (χ1) is 5.93. The summed E-state index contributed by atoms with van der Waals surface area (Å²) in [5.74, 6) is 6.73. The molecule has 1 N–H and O–H groups in total. The number of rotatable bonds is 2. The Kier molecular flexibility index (Phi) is 5.50. The van der Waals surface area contributed by atoms with Crippen LogP contribution in [0.25, 0.3) is 0 Å². The van der Waals surface area contributed by atoms with Gasteiger partial charge in [0, 0.05) is 5.57 Å². The van der Waals surface area contributed by atoms with Gasteiger partial charge < -0.3 is 5.11 Å². The van der Waals surface area contributed by atoms with E-state index in [4.69, 9.17) is 5.11 Å². The van der Waals surface area contributed by atoms with Gasteiger partial charge in [-0.3, -0.25) is 0 Å². The average Bonchev–Trinajstić information content (AvgIpc) is 1.96. The molecule has 0 heterocycles. The number of hydrogen-bond donors (Lipinski definition) is 1. The molecule has 0 aromatic carbocycles. The van der Waals surface area contributed by atoms with Crippen molar-refractivity contribution >= 4 is 0 Å². The van der Waals surface area contributed by atoms with Gasteiger partial charge in [-0.05, 0) is 18.8 Å². The van der Waals surface area contributed by atoms with Crippen molar-refractivity contribution in [1.82, 2.24) is 0 Å². The highest BCUT2D eigenvalue weighted by Gasteiger charge is 2.00. The lowest BCUT2D eigenvalue weighted by Gasteiger charge is -2.05. The van der Waals surface area contributed by atoms with Crippen molar-refractivity contribution in [2.24, 2.45) is 11.8 Å². The molecule has 1 atom stereocenters. The van der Waals surface area contributed by atoms with Gasteiger partial charge in [-0.1, -0.05) is 45.6 Å². The highest BCUT2D eigenvalue weighted by atomic mass is 16.3. The summed E-state index contributed by atoms with van der Waals surface area (Å²) in [7, 11) is 0. The normalized spacial score (nSPS) is 14.3. The molecule has 0 fully saturated rings. The molecule has 0 rings (SSSR count). The topological polar surface area (TPSA) is 20.2 Å². The van der Waals surface area contributed by atoms with Crippen LogP contribution in [0.2, 0.25) is 0 Å². The molecule has 0 bridgehead atoms. The van der Waals surface area contributed by atoms with Crippen LogP contribution in [0.1, 0.15) is 34.6 Å². The highest BCUT2D eigenvalue weighted by Crippen LogP contribution is 2.11. The summed E-state index contributed by atoms with van der Waals surface area (Å²) in [6.45, 7) is 10.2. The van der Waals surface area contributed by atoms with E-state index < -0.39 is 6.10 Å². The molecule has 0 radical (unpaired) electrons. The van der Waals surface area contributed by atoms with Gasteiger partial charge in [-0.25, -0.2) is 0 Å². The van der Waals surface area contributed by atoms with Crippen LogP contribution >= 0.6 is 0 Å². The van der Waals surface area contributed by atoms with E-state index in [9.17, 15) is 0 Å². The summed E-state index contributed by atoms with van der Waals surface area (Å²) >= 11 is 0. The lowest BCUT2D eigenvalue weighted by molar-refractivity contribution is 0.253. The summed E-state index contributed by atoms with van der Waals surface area (Å²) < 4.78 is 0. The quantitative estimate of drug-likeness (QED) is 0.648. The Morgan fingerprint density at radius 3 is 2.00 bits per heavy atom. The summed E-state index contributed by atoms with van der Waals surface area (Å²) in [5, 5.41) is 9.02. The molecule has 0 spiro atoms. The number of hydrogen-bond acceptors (Lipinski definition) is 1. The predicted octanol–water partition coefficient (Wildman–Crippen LogP) is 2.61. The first-order valence-electron chi connectivity index (χ1n) is 4.84. The third-order valence-corrected chi connectivity index (χ3v) is 1.56. The van der Waals surface area contributed by atoms with E-state index in [2.05, 4.69) is 45.6 Å². The Morgan fingerprint density at radius 2 is 1.69 bits per heavy atom. The second-order valence-corrected chi connectivity index (χ2v) is 3.97. The molecule has 1 unspecified atom stereocenters. The summed E-state index contributed by atoms with van der Waals surface area (Å²) in [6.07, 6.45) is 1.62. The van der Waals surface area contributed by atoms with Crippen LogP contribution in [0.5, 0.6) is 0 Å². The van der Waals surface area contributed by atoms with Gasteiger partial charge >= 0.3 is 0 Å². The van der Waals surface area contributed by atoms with Crippen LogP contribution in [0.15, 0.2) is 11.6 Å². The van der Waals surface area contributed by atoms with E-state index in [0.717, 1.165) is 5.57 Å². The maximum Gasteiger partial charge on any atom is 0.112 e. The highest BCUT2D eigenvalue weighted by molar-refractivity contribution is 5.31. The van der Waals surface area contributed by atoms with Gasteiger partial charge in [0.15, 0.2) is 0 Å². The van der Waals surface area contributed by atoms with Crippen molar-refractivity contribution in [3.05, 3.63) is 11.6 Å². The van der Waals surface area contributed by atoms with Crippen LogP contribution < -0.4 is 0 Å². The van der Waals surface area contributed by atoms with Crippen molar-refractivity contribution in [1.29, 1.82) is 0 Å². The van der Waals surface area contributed by atoms with E-state index in [1.54, 1.807) is 6.92 Å². The molecular weight excluding hydrogens is 160 g/mol. The van der Waals surface area contributed by atoms with E-state index in [-0.39, 0.29) is 0 Å². The number of allylic oxidation sites excluding steroid dienone is 2. The summed E-state index contributed by atoms with van der Waals surface area (Å²) in [5.41, 5.74) is 1.12. The molecule has 1 heteroatoms. The van der Waals surface area contributed by atoms with Crippen molar-refractivity contribution in [3.8, 4) is 11.8 Å². The van der Waals surface area contributed by atoms with Crippen LogP contribution in [0, 0.1) is 23.7 Å². The molecule has 0 saturated heterocycles. The Labute approximate surface area is 81.9 Å². The van der Waals surface area contributed by atoms with Crippen molar-refractivity contribution < 1.29 is 5.11 Å². The molecule has 13 heavy (non-hydrogen) atoms. The van der Waals surface area contributed by atoms with Crippen molar-refractivity contribution in [3.63, 3.8) is 0 Å². The standard InChI is InChI=1S/C12H20O/c1-9(2)8-12(10(3)4)7-6-11(5)13/h8-11,13H,1-5H3. The minimum Gasteiger partial charge on any atom is -0.381 e. The third-order valence-electron chi connectivity index (χ3n) is 1.56. The average molecular weight is 180 g/mol. The minimum absolute atomic E-state index is 0.439. The Balaban J connectivity index is 4.57. The fourth-order valence-electron chi connectivity index (χ4n) is 0.925. The molecule has 0 aromatic rings. The van der Waals surface area contributed by atoms with Crippen LogP contribution in [0.4, 0.5) is 0 Å².